The Morgan fingerprint density at radius 2 is 1.87 bits per heavy atom. The predicted molar refractivity (Wildman–Crippen MR) is 138 cm³/mol. The largest absolute Gasteiger partial charge is 0.493 e. The van der Waals surface area contributed by atoms with Crippen LogP contribution in [0.1, 0.15) is 33.7 Å². The van der Waals surface area contributed by atoms with E-state index in [1.165, 1.54) is 6.07 Å². The molecule has 6 nitrogen and oxygen atoms in total. The van der Waals surface area contributed by atoms with Crippen LogP contribution in [-0.2, 0) is 36.9 Å². The summed E-state index contributed by atoms with van der Waals surface area (Å²) in [6.07, 6.45) is -3.66. The average Bonchev–Trinajstić information content (AvgIpc) is 3.28. The number of oxazole rings is 1. The van der Waals surface area contributed by atoms with Crippen molar-refractivity contribution in [3.63, 3.8) is 0 Å². The third kappa shape index (κ3) is 6.15. The first-order valence-corrected chi connectivity index (χ1v) is 12.6. The topological polar surface area (TPSA) is 75.8 Å². The number of benzene rings is 3. The second-order valence-electron chi connectivity index (χ2n) is 9.58. The Kier molecular flexibility index (Phi) is 7.43. The number of aromatic nitrogens is 1. The lowest BCUT2D eigenvalue weighted by Crippen LogP contribution is -2.45. The molecule has 3 aromatic carbocycles. The van der Waals surface area contributed by atoms with Gasteiger partial charge >= 0.3 is 12.1 Å². The zero-order valence-electron chi connectivity index (χ0n) is 21.2. The molecule has 0 unspecified atom stereocenters. The number of carboxylic acids is 1. The van der Waals surface area contributed by atoms with Gasteiger partial charge in [0.2, 0.25) is 5.89 Å². The SMILES string of the molecule is Cc1oc(-c2ccccc2)nc1CCOc1ccc2c(c1)CN(Cc1cccc(C(F)(F)F)c1)[C@H](C(=O)O)C2. The number of carboxylic acid groups (broad SMARTS) is 1. The molecule has 5 rings (SSSR count). The van der Waals surface area contributed by atoms with Crippen molar-refractivity contribution in [3.8, 4) is 17.2 Å². The van der Waals surface area contributed by atoms with E-state index in [4.69, 9.17) is 9.15 Å². The lowest BCUT2D eigenvalue weighted by molar-refractivity contribution is -0.144. The first kappa shape index (κ1) is 26.5. The van der Waals surface area contributed by atoms with E-state index in [0.29, 0.717) is 30.2 Å². The molecule has 4 aromatic rings. The van der Waals surface area contributed by atoms with Crippen LogP contribution in [-0.4, -0.2) is 33.6 Å². The van der Waals surface area contributed by atoms with E-state index in [2.05, 4.69) is 4.98 Å². The van der Waals surface area contributed by atoms with Gasteiger partial charge in [-0.15, -0.1) is 0 Å². The van der Waals surface area contributed by atoms with Crippen LogP contribution in [0.4, 0.5) is 13.2 Å². The van der Waals surface area contributed by atoms with Gasteiger partial charge in [0.15, 0.2) is 0 Å². The van der Waals surface area contributed by atoms with Gasteiger partial charge in [0.25, 0.3) is 0 Å². The molecule has 0 aliphatic carbocycles. The fourth-order valence-electron chi connectivity index (χ4n) is 4.82. The van der Waals surface area contributed by atoms with E-state index >= 15 is 0 Å². The predicted octanol–water partition coefficient (Wildman–Crippen LogP) is 6.30. The number of nitrogens with zero attached hydrogens (tertiary/aromatic N) is 2. The highest BCUT2D eigenvalue weighted by molar-refractivity contribution is 5.74. The highest BCUT2D eigenvalue weighted by atomic mass is 19.4. The van der Waals surface area contributed by atoms with E-state index in [9.17, 15) is 23.1 Å². The number of hydrogen-bond acceptors (Lipinski definition) is 5. The average molecular weight is 537 g/mol. The molecule has 0 amide bonds. The summed E-state index contributed by atoms with van der Waals surface area (Å²) >= 11 is 0. The Bertz CT molecular complexity index is 1470. The van der Waals surface area contributed by atoms with Crippen molar-refractivity contribution in [2.24, 2.45) is 0 Å². The molecule has 0 spiro atoms. The van der Waals surface area contributed by atoms with Crippen LogP contribution >= 0.6 is 0 Å². The fraction of sp³-hybridized carbons (Fsp3) is 0.267. The highest BCUT2D eigenvalue weighted by Gasteiger charge is 2.33. The number of halogens is 3. The van der Waals surface area contributed by atoms with Crippen molar-refractivity contribution in [3.05, 3.63) is 107 Å². The number of aryl methyl sites for hydroxylation is 1. The summed E-state index contributed by atoms with van der Waals surface area (Å²) in [6, 6.07) is 19.4. The summed E-state index contributed by atoms with van der Waals surface area (Å²) in [6.45, 7) is 2.60. The molecule has 1 atom stereocenters. The van der Waals surface area contributed by atoms with Crippen molar-refractivity contribution in [2.75, 3.05) is 6.61 Å². The Morgan fingerprint density at radius 1 is 1.08 bits per heavy atom. The molecule has 0 radical (unpaired) electrons. The van der Waals surface area contributed by atoms with Crippen molar-refractivity contribution in [1.82, 2.24) is 9.88 Å². The highest BCUT2D eigenvalue weighted by Crippen LogP contribution is 2.32. The standard InChI is InChI=1S/C30H27F3N2O4/c1-19-26(34-28(39-19)21-7-3-2-4-8-21)12-13-38-25-11-10-22-16-27(29(36)37)35(18-23(22)15-25)17-20-6-5-9-24(14-20)30(31,32)33/h2-11,14-15,27H,12-13,16-18H2,1H3,(H,36,37)/t27-/m0/s1. The molecule has 0 saturated heterocycles. The van der Waals surface area contributed by atoms with Gasteiger partial charge in [0.05, 0.1) is 17.9 Å². The summed E-state index contributed by atoms with van der Waals surface area (Å²) < 4.78 is 51.3. The molecule has 1 N–H and O–H groups in total. The summed E-state index contributed by atoms with van der Waals surface area (Å²) in [5.41, 5.74) is 3.14. The molecule has 0 fully saturated rings. The van der Waals surface area contributed by atoms with Crippen LogP contribution in [0.2, 0.25) is 0 Å². The van der Waals surface area contributed by atoms with Crippen LogP contribution in [0, 0.1) is 6.92 Å². The van der Waals surface area contributed by atoms with Gasteiger partial charge in [-0.1, -0.05) is 42.5 Å². The smallest absolute Gasteiger partial charge is 0.416 e. The van der Waals surface area contributed by atoms with Crippen LogP contribution in [0.3, 0.4) is 0 Å². The minimum atomic E-state index is -4.46. The van der Waals surface area contributed by atoms with Gasteiger partial charge in [-0.05, 0) is 60.4 Å². The van der Waals surface area contributed by atoms with Crippen LogP contribution in [0.15, 0.2) is 77.2 Å². The van der Waals surface area contributed by atoms with Gasteiger partial charge in [-0.25, -0.2) is 4.98 Å². The number of aliphatic carboxylic acids is 1. The number of ether oxygens (including phenoxy) is 1. The van der Waals surface area contributed by atoms with Gasteiger partial charge < -0.3 is 14.3 Å². The number of fused-ring (bicyclic) bond motifs is 1. The lowest BCUT2D eigenvalue weighted by Gasteiger charge is -2.34. The maximum atomic E-state index is 13.2. The normalized spacial score (nSPS) is 15.6. The summed E-state index contributed by atoms with van der Waals surface area (Å²) in [5.74, 6) is 0.912. The monoisotopic (exact) mass is 536 g/mol. The van der Waals surface area contributed by atoms with Crippen molar-refractivity contribution < 1.29 is 32.2 Å². The van der Waals surface area contributed by atoms with E-state index in [1.54, 1.807) is 11.0 Å². The fourth-order valence-corrected chi connectivity index (χ4v) is 4.82. The molecule has 2 heterocycles. The summed E-state index contributed by atoms with van der Waals surface area (Å²) in [4.78, 5) is 18.3. The Morgan fingerprint density at radius 3 is 2.62 bits per heavy atom. The van der Waals surface area contributed by atoms with Crippen molar-refractivity contribution in [1.29, 1.82) is 0 Å². The zero-order chi connectivity index (χ0) is 27.6. The number of rotatable bonds is 8. The maximum absolute atomic E-state index is 13.2. The first-order valence-electron chi connectivity index (χ1n) is 12.6. The lowest BCUT2D eigenvalue weighted by atomic mass is 9.93. The number of hydrogen-bond donors (Lipinski definition) is 1. The minimum absolute atomic E-state index is 0.0839. The quantitative estimate of drug-likeness (QED) is 0.285. The third-order valence-electron chi connectivity index (χ3n) is 6.85. The minimum Gasteiger partial charge on any atom is -0.493 e. The molecule has 1 aliphatic heterocycles. The van der Waals surface area contributed by atoms with Gasteiger partial charge in [0, 0.05) is 25.1 Å². The van der Waals surface area contributed by atoms with Crippen LogP contribution in [0.25, 0.3) is 11.5 Å². The van der Waals surface area contributed by atoms with Gasteiger partial charge in [-0.2, -0.15) is 13.2 Å². The molecule has 202 valence electrons. The Balaban J connectivity index is 1.26. The second kappa shape index (κ2) is 10.9. The number of carbonyl (C=O) groups is 1. The zero-order valence-corrected chi connectivity index (χ0v) is 21.2. The molecule has 1 aromatic heterocycles. The van der Waals surface area contributed by atoms with E-state index in [0.717, 1.165) is 40.3 Å². The molecule has 9 heteroatoms. The van der Waals surface area contributed by atoms with E-state index in [1.807, 2.05) is 55.5 Å². The molecular weight excluding hydrogens is 509 g/mol. The number of alkyl halides is 3. The third-order valence-corrected chi connectivity index (χ3v) is 6.85. The maximum Gasteiger partial charge on any atom is 0.416 e. The van der Waals surface area contributed by atoms with Gasteiger partial charge in [0.1, 0.15) is 17.6 Å². The van der Waals surface area contributed by atoms with Gasteiger partial charge in [-0.3, -0.25) is 9.69 Å². The first-order chi connectivity index (χ1) is 18.7. The molecular formula is C30H27F3N2O4. The van der Waals surface area contributed by atoms with E-state index < -0.39 is 23.8 Å². The van der Waals surface area contributed by atoms with Crippen molar-refractivity contribution >= 4 is 5.97 Å². The second-order valence-corrected chi connectivity index (χ2v) is 9.58. The van der Waals surface area contributed by atoms with Crippen LogP contribution < -0.4 is 4.74 Å². The van der Waals surface area contributed by atoms with E-state index in [-0.39, 0.29) is 19.5 Å². The summed E-state index contributed by atoms with van der Waals surface area (Å²) in [7, 11) is 0. The molecule has 0 bridgehead atoms. The molecule has 39 heavy (non-hydrogen) atoms. The molecule has 1 aliphatic rings. The Labute approximate surface area is 223 Å². The Hall–Kier alpha value is -4.11. The molecule has 0 saturated carbocycles. The van der Waals surface area contributed by atoms with Crippen molar-refractivity contribution in [2.45, 2.75) is 45.1 Å². The van der Waals surface area contributed by atoms with Crippen LogP contribution in [0.5, 0.6) is 5.75 Å². The summed E-state index contributed by atoms with van der Waals surface area (Å²) in [5, 5.41) is 9.81.